The van der Waals surface area contributed by atoms with E-state index in [0.29, 0.717) is 18.7 Å². The summed E-state index contributed by atoms with van der Waals surface area (Å²) in [6.45, 7) is 0.915. The van der Waals surface area contributed by atoms with Crippen molar-refractivity contribution in [3.05, 3.63) is 35.4 Å². The zero-order valence-electron chi connectivity index (χ0n) is 9.57. The molecule has 2 rings (SSSR count). The summed E-state index contributed by atoms with van der Waals surface area (Å²) in [5.41, 5.74) is 6.90. The van der Waals surface area contributed by atoms with Crippen LogP contribution in [0.1, 0.15) is 24.0 Å². The van der Waals surface area contributed by atoms with Gasteiger partial charge in [-0.05, 0) is 30.5 Å². The van der Waals surface area contributed by atoms with Crippen LogP contribution in [0.4, 0.5) is 0 Å². The van der Waals surface area contributed by atoms with Gasteiger partial charge in [0, 0.05) is 13.1 Å². The van der Waals surface area contributed by atoms with E-state index in [1.165, 1.54) is 0 Å². The quantitative estimate of drug-likeness (QED) is 0.805. The predicted octanol–water partition coefficient (Wildman–Crippen LogP) is 0.913. The Balaban J connectivity index is 1.90. The Bertz CT molecular complexity index is 455. The molecule has 0 atom stereocenters. The van der Waals surface area contributed by atoms with E-state index in [1.807, 2.05) is 12.1 Å². The zero-order valence-corrected chi connectivity index (χ0v) is 9.57. The molecular weight excluding hydrogens is 214 g/mol. The zero-order chi connectivity index (χ0) is 12.3. The number of benzene rings is 1. The molecule has 1 aliphatic carbocycles. The minimum atomic E-state index is -0.299. The molecule has 1 aromatic carbocycles. The highest BCUT2D eigenvalue weighted by molar-refractivity contribution is 5.85. The summed E-state index contributed by atoms with van der Waals surface area (Å²) < 4.78 is 0. The fourth-order valence-corrected chi connectivity index (χ4v) is 1.74. The van der Waals surface area contributed by atoms with Crippen molar-refractivity contribution in [1.29, 1.82) is 5.26 Å². The van der Waals surface area contributed by atoms with E-state index in [9.17, 15) is 4.79 Å². The average molecular weight is 229 g/mol. The normalized spacial score (nSPS) is 16.0. The van der Waals surface area contributed by atoms with E-state index in [2.05, 4.69) is 11.4 Å². The lowest BCUT2D eigenvalue weighted by Crippen LogP contribution is -2.36. The first-order valence-electron chi connectivity index (χ1n) is 5.68. The van der Waals surface area contributed by atoms with E-state index < -0.39 is 0 Å². The van der Waals surface area contributed by atoms with Crippen molar-refractivity contribution < 1.29 is 4.79 Å². The molecule has 1 fully saturated rings. The molecule has 17 heavy (non-hydrogen) atoms. The molecular formula is C13H15N3O. The standard InChI is InChI=1S/C13H15N3O/c14-7-10-1-3-11(4-2-10)8-16-12(17)13(9-15)5-6-13/h1-4H,5-6,8-9,15H2,(H,16,17). The molecule has 1 aromatic rings. The second kappa shape index (κ2) is 4.56. The van der Waals surface area contributed by atoms with E-state index in [-0.39, 0.29) is 11.3 Å². The predicted molar refractivity (Wildman–Crippen MR) is 63.7 cm³/mol. The molecule has 1 saturated carbocycles. The van der Waals surface area contributed by atoms with Crippen molar-refractivity contribution in [1.82, 2.24) is 5.32 Å². The molecule has 0 aromatic heterocycles. The van der Waals surface area contributed by atoms with Gasteiger partial charge in [0.2, 0.25) is 5.91 Å². The summed E-state index contributed by atoms with van der Waals surface area (Å²) in [7, 11) is 0. The summed E-state index contributed by atoms with van der Waals surface area (Å²) in [6, 6.07) is 9.25. The molecule has 0 aliphatic heterocycles. The molecule has 3 N–H and O–H groups in total. The van der Waals surface area contributed by atoms with Gasteiger partial charge in [0.1, 0.15) is 0 Å². The third kappa shape index (κ3) is 2.45. The fourth-order valence-electron chi connectivity index (χ4n) is 1.74. The third-order valence-electron chi connectivity index (χ3n) is 3.26. The van der Waals surface area contributed by atoms with E-state index in [0.717, 1.165) is 18.4 Å². The first-order chi connectivity index (χ1) is 8.20. The lowest BCUT2D eigenvalue weighted by molar-refractivity contribution is -0.126. The minimum Gasteiger partial charge on any atom is -0.352 e. The molecule has 0 radical (unpaired) electrons. The topological polar surface area (TPSA) is 78.9 Å². The smallest absolute Gasteiger partial charge is 0.227 e. The van der Waals surface area contributed by atoms with Crippen LogP contribution in [0.25, 0.3) is 0 Å². The van der Waals surface area contributed by atoms with Crippen LogP contribution in [0.2, 0.25) is 0 Å². The van der Waals surface area contributed by atoms with Gasteiger partial charge in [-0.2, -0.15) is 5.26 Å². The van der Waals surface area contributed by atoms with Crippen LogP contribution >= 0.6 is 0 Å². The van der Waals surface area contributed by atoms with Crippen molar-refractivity contribution in [2.24, 2.45) is 11.1 Å². The number of hydrogen-bond donors (Lipinski definition) is 2. The lowest BCUT2D eigenvalue weighted by Gasteiger charge is -2.12. The van der Waals surface area contributed by atoms with Crippen LogP contribution < -0.4 is 11.1 Å². The summed E-state index contributed by atoms with van der Waals surface area (Å²) in [6.07, 6.45) is 1.78. The summed E-state index contributed by atoms with van der Waals surface area (Å²) in [5.74, 6) is 0.0457. The highest BCUT2D eigenvalue weighted by Gasteiger charge is 2.48. The average Bonchev–Trinajstić information content (AvgIpc) is 3.17. The number of rotatable bonds is 4. The molecule has 1 aliphatic rings. The molecule has 0 saturated heterocycles. The number of nitrogens with two attached hydrogens (primary N) is 1. The number of carbonyl (C=O) groups is 1. The molecule has 0 bridgehead atoms. The van der Waals surface area contributed by atoms with Gasteiger partial charge in [0.15, 0.2) is 0 Å². The second-order valence-electron chi connectivity index (χ2n) is 4.48. The number of nitrogens with one attached hydrogen (secondary N) is 1. The largest absolute Gasteiger partial charge is 0.352 e. The van der Waals surface area contributed by atoms with Gasteiger partial charge in [-0.1, -0.05) is 12.1 Å². The maximum absolute atomic E-state index is 11.8. The lowest BCUT2D eigenvalue weighted by atomic mass is 10.1. The maximum Gasteiger partial charge on any atom is 0.227 e. The summed E-state index contributed by atoms with van der Waals surface area (Å²) in [4.78, 5) is 11.8. The first kappa shape index (κ1) is 11.6. The minimum absolute atomic E-state index is 0.0457. The summed E-state index contributed by atoms with van der Waals surface area (Å²) >= 11 is 0. The third-order valence-corrected chi connectivity index (χ3v) is 3.26. The molecule has 88 valence electrons. The van der Waals surface area contributed by atoms with Crippen LogP contribution in [0, 0.1) is 16.7 Å². The molecule has 0 heterocycles. The van der Waals surface area contributed by atoms with E-state index in [4.69, 9.17) is 11.0 Å². The maximum atomic E-state index is 11.8. The van der Waals surface area contributed by atoms with Crippen LogP contribution in [-0.2, 0) is 11.3 Å². The van der Waals surface area contributed by atoms with Crippen molar-refractivity contribution in [2.75, 3.05) is 6.54 Å². The van der Waals surface area contributed by atoms with Crippen LogP contribution in [0.15, 0.2) is 24.3 Å². The highest BCUT2D eigenvalue weighted by Crippen LogP contribution is 2.44. The highest BCUT2D eigenvalue weighted by atomic mass is 16.2. The molecule has 0 unspecified atom stereocenters. The summed E-state index contributed by atoms with van der Waals surface area (Å²) in [5, 5.41) is 11.5. The Morgan fingerprint density at radius 2 is 2.06 bits per heavy atom. The van der Waals surface area contributed by atoms with Gasteiger partial charge < -0.3 is 11.1 Å². The Morgan fingerprint density at radius 1 is 1.41 bits per heavy atom. The first-order valence-corrected chi connectivity index (χ1v) is 5.68. The Hall–Kier alpha value is -1.86. The van der Waals surface area contributed by atoms with Gasteiger partial charge in [-0.15, -0.1) is 0 Å². The fraction of sp³-hybridized carbons (Fsp3) is 0.385. The number of carbonyl (C=O) groups excluding carboxylic acids is 1. The number of hydrogen-bond acceptors (Lipinski definition) is 3. The number of nitrogens with zero attached hydrogens (tertiary/aromatic N) is 1. The number of nitriles is 1. The molecule has 0 spiro atoms. The van der Waals surface area contributed by atoms with Crippen molar-refractivity contribution >= 4 is 5.91 Å². The monoisotopic (exact) mass is 229 g/mol. The van der Waals surface area contributed by atoms with Crippen LogP contribution in [0.5, 0.6) is 0 Å². The van der Waals surface area contributed by atoms with Gasteiger partial charge in [-0.3, -0.25) is 4.79 Å². The van der Waals surface area contributed by atoms with Crippen molar-refractivity contribution in [3.8, 4) is 6.07 Å². The Morgan fingerprint density at radius 3 is 2.53 bits per heavy atom. The van der Waals surface area contributed by atoms with Crippen molar-refractivity contribution in [2.45, 2.75) is 19.4 Å². The Labute approximate surface area is 100 Å². The molecule has 4 heteroatoms. The van der Waals surface area contributed by atoms with Crippen molar-refractivity contribution in [3.63, 3.8) is 0 Å². The molecule has 1 amide bonds. The van der Waals surface area contributed by atoms with Gasteiger partial charge >= 0.3 is 0 Å². The van der Waals surface area contributed by atoms with Crippen LogP contribution in [-0.4, -0.2) is 12.5 Å². The van der Waals surface area contributed by atoms with E-state index >= 15 is 0 Å². The van der Waals surface area contributed by atoms with Gasteiger partial charge in [0.05, 0.1) is 17.0 Å². The van der Waals surface area contributed by atoms with Crippen LogP contribution in [0.3, 0.4) is 0 Å². The molecule has 4 nitrogen and oxygen atoms in total. The van der Waals surface area contributed by atoms with Gasteiger partial charge in [-0.25, -0.2) is 0 Å². The Kier molecular flexibility index (Phi) is 3.12. The SMILES string of the molecule is N#Cc1ccc(CNC(=O)C2(CN)CC2)cc1. The van der Waals surface area contributed by atoms with E-state index in [1.54, 1.807) is 12.1 Å². The number of amides is 1. The second-order valence-corrected chi connectivity index (χ2v) is 4.48. The van der Waals surface area contributed by atoms with Gasteiger partial charge in [0.25, 0.3) is 0 Å².